The number of sulfonamides is 1. The molecule has 0 amide bonds. The van der Waals surface area contributed by atoms with Gasteiger partial charge in [-0.25, -0.2) is 13.1 Å². The van der Waals surface area contributed by atoms with E-state index < -0.39 is 10.0 Å². The second kappa shape index (κ2) is 6.59. The Morgan fingerprint density at radius 3 is 2.60 bits per heavy atom. The summed E-state index contributed by atoms with van der Waals surface area (Å²) in [7, 11) is -3.48. The lowest BCUT2D eigenvalue weighted by molar-refractivity contribution is 0.492. The van der Waals surface area contributed by atoms with Crippen LogP contribution in [0.4, 0.5) is 5.69 Å². The summed E-state index contributed by atoms with van der Waals surface area (Å²) in [5.74, 6) is 0.755. The molecule has 2 aromatic rings. The van der Waals surface area contributed by atoms with Crippen LogP contribution in [0, 0.1) is 3.77 Å². The third-order valence-corrected chi connectivity index (χ3v) is 4.78. The van der Waals surface area contributed by atoms with E-state index in [1.165, 1.54) is 0 Å². The van der Waals surface area contributed by atoms with E-state index in [4.69, 9.17) is 4.42 Å². The van der Waals surface area contributed by atoms with Crippen LogP contribution in [0.25, 0.3) is 0 Å². The first-order valence-corrected chi connectivity index (χ1v) is 8.66. The fraction of sp³-hybridized carbons (Fsp3) is 0.231. The van der Waals surface area contributed by atoms with Gasteiger partial charge in [0.1, 0.15) is 10.7 Å². The van der Waals surface area contributed by atoms with Gasteiger partial charge in [-0.2, -0.15) is 0 Å². The minimum atomic E-state index is -3.48. The molecular formula is C13H15IN2O3S. The van der Waals surface area contributed by atoms with Gasteiger partial charge >= 0.3 is 0 Å². The average molecular weight is 406 g/mol. The molecule has 0 unspecified atom stereocenters. The first-order chi connectivity index (χ1) is 9.53. The molecule has 0 fully saturated rings. The molecule has 0 radical (unpaired) electrons. The highest BCUT2D eigenvalue weighted by Crippen LogP contribution is 2.21. The number of benzene rings is 1. The molecule has 1 aromatic heterocycles. The summed E-state index contributed by atoms with van der Waals surface area (Å²) in [6.07, 6.45) is 0. The highest BCUT2D eigenvalue weighted by Gasteiger charge is 2.16. The molecule has 108 valence electrons. The molecule has 5 nitrogen and oxygen atoms in total. The maximum absolute atomic E-state index is 12.1. The van der Waals surface area contributed by atoms with Crippen LogP contribution in [0.2, 0.25) is 0 Å². The monoisotopic (exact) mass is 406 g/mol. The van der Waals surface area contributed by atoms with Crippen LogP contribution in [0.1, 0.15) is 12.7 Å². The maximum atomic E-state index is 12.1. The number of halogens is 1. The predicted octanol–water partition coefficient (Wildman–Crippen LogP) is 2.79. The highest BCUT2D eigenvalue weighted by atomic mass is 127. The number of anilines is 1. The third kappa shape index (κ3) is 3.74. The Morgan fingerprint density at radius 1 is 1.20 bits per heavy atom. The topological polar surface area (TPSA) is 71.3 Å². The molecule has 1 heterocycles. The van der Waals surface area contributed by atoms with Gasteiger partial charge in [0.15, 0.2) is 3.77 Å². The molecule has 0 saturated carbocycles. The van der Waals surface area contributed by atoms with Gasteiger partial charge in [0.25, 0.3) is 0 Å². The van der Waals surface area contributed by atoms with Crippen molar-refractivity contribution < 1.29 is 12.8 Å². The van der Waals surface area contributed by atoms with Gasteiger partial charge in [0.05, 0.1) is 12.2 Å². The zero-order chi connectivity index (χ0) is 14.6. The van der Waals surface area contributed by atoms with Gasteiger partial charge in [0, 0.05) is 6.54 Å². The fourth-order valence-electron chi connectivity index (χ4n) is 1.74. The van der Waals surface area contributed by atoms with E-state index in [1.54, 1.807) is 31.2 Å². The van der Waals surface area contributed by atoms with Gasteiger partial charge in [-0.1, -0.05) is 19.1 Å². The van der Waals surface area contributed by atoms with Crippen LogP contribution < -0.4 is 10.0 Å². The van der Waals surface area contributed by atoms with Crippen molar-refractivity contribution in [1.29, 1.82) is 0 Å². The number of furan rings is 1. The third-order valence-electron chi connectivity index (χ3n) is 2.59. The van der Waals surface area contributed by atoms with Crippen LogP contribution >= 0.6 is 22.6 Å². The lowest BCUT2D eigenvalue weighted by atomic mass is 10.3. The number of para-hydroxylation sites is 1. The van der Waals surface area contributed by atoms with Crippen LogP contribution in [0.5, 0.6) is 0 Å². The molecule has 0 spiro atoms. The molecule has 0 bridgehead atoms. The van der Waals surface area contributed by atoms with E-state index in [0.717, 1.165) is 9.53 Å². The number of nitrogens with one attached hydrogen (secondary N) is 2. The summed E-state index contributed by atoms with van der Waals surface area (Å²) in [6, 6.07) is 10.5. The maximum Gasteiger partial charge on any atom is 0.242 e. The molecule has 20 heavy (non-hydrogen) atoms. The zero-order valence-corrected chi connectivity index (χ0v) is 13.9. The van der Waals surface area contributed by atoms with Gasteiger partial charge < -0.3 is 9.73 Å². The Hall–Kier alpha value is -1.06. The second-order valence-corrected chi connectivity index (χ2v) is 6.86. The van der Waals surface area contributed by atoms with Crippen molar-refractivity contribution in [2.45, 2.75) is 18.4 Å². The van der Waals surface area contributed by atoms with Crippen molar-refractivity contribution in [1.82, 2.24) is 4.72 Å². The van der Waals surface area contributed by atoms with Crippen molar-refractivity contribution in [2.24, 2.45) is 0 Å². The number of hydrogen-bond donors (Lipinski definition) is 2. The summed E-state index contributed by atoms with van der Waals surface area (Å²) >= 11 is 2.09. The highest BCUT2D eigenvalue weighted by molar-refractivity contribution is 14.1. The number of rotatable bonds is 6. The van der Waals surface area contributed by atoms with E-state index in [9.17, 15) is 8.42 Å². The fourth-order valence-corrected chi connectivity index (χ4v) is 3.43. The molecular weight excluding hydrogens is 391 g/mol. The smallest absolute Gasteiger partial charge is 0.242 e. The quantitative estimate of drug-likeness (QED) is 0.724. The van der Waals surface area contributed by atoms with Crippen LogP contribution in [-0.4, -0.2) is 15.0 Å². The van der Waals surface area contributed by atoms with Crippen LogP contribution in [0.3, 0.4) is 0 Å². The first-order valence-electron chi connectivity index (χ1n) is 6.09. The first kappa shape index (κ1) is 15.3. The zero-order valence-electron chi connectivity index (χ0n) is 10.9. The van der Waals surface area contributed by atoms with Crippen molar-refractivity contribution in [3.8, 4) is 0 Å². The van der Waals surface area contributed by atoms with Crippen molar-refractivity contribution in [2.75, 3.05) is 11.9 Å². The lowest BCUT2D eigenvalue weighted by Crippen LogP contribution is -2.24. The van der Waals surface area contributed by atoms with E-state index in [2.05, 4.69) is 32.6 Å². The summed E-state index contributed by atoms with van der Waals surface area (Å²) < 4.78 is 32.9. The van der Waals surface area contributed by atoms with Gasteiger partial charge in [-0.3, -0.25) is 0 Å². The molecule has 0 saturated heterocycles. The van der Waals surface area contributed by atoms with Gasteiger partial charge in [-0.05, 0) is 46.9 Å². The molecule has 0 aliphatic heterocycles. The summed E-state index contributed by atoms with van der Waals surface area (Å²) in [5.41, 5.74) is 0.555. The Bertz CT molecular complexity index is 682. The number of hydrogen-bond acceptors (Lipinski definition) is 4. The molecule has 2 rings (SSSR count). The van der Waals surface area contributed by atoms with Crippen molar-refractivity contribution in [3.63, 3.8) is 0 Å². The van der Waals surface area contributed by atoms with E-state index in [-0.39, 0.29) is 4.90 Å². The van der Waals surface area contributed by atoms with Crippen molar-refractivity contribution in [3.05, 3.63) is 45.9 Å². The average Bonchev–Trinajstić information content (AvgIpc) is 2.82. The Morgan fingerprint density at radius 2 is 1.95 bits per heavy atom. The summed E-state index contributed by atoms with van der Waals surface area (Å²) in [5, 5.41) is 3.09. The SMILES string of the molecule is CCNS(=O)(=O)c1ccccc1NCc1ccc(I)o1. The van der Waals surface area contributed by atoms with Gasteiger partial charge in [0.2, 0.25) is 10.0 Å². The van der Waals surface area contributed by atoms with Crippen LogP contribution in [-0.2, 0) is 16.6 Å². The Kier molecular flexibility index (Phi) is 5.06. The molecule has 0 aliphatic carbocycles. The molecule has 0 atom stereocenters. The summed E-state index contributed by atoms with van der Waals surface area (Å²) in [6.45, 7) is 2.53. The predicted molar refractivity (Wildman–Crippen MR) is 86.1 cm³/mol. The van der Waals surface area contributed by atoms with Gasteiger partial charge in [-0.15, -0.1) is 0 Å². The summed E-state index contributed by atoms with van der Waals surface area (Å²) in [4.78, 5) is 0.239. The second-order valence-electron chi connectivity index (χ2n) is 4.06. The molecule has 2 N–H and O–H groups in total. The minimum absolute atomic E-state index is 0.239. The minimum Gasteiger partial charge on any atom is -0.454 e. The Labute approximate surface area is 131 Å². The van der Waals surface area contributed by atoms with E-state index in [1.807, 2.05) is 12.1 Å². The Balaban J connectivity index is 2.20. The molecule has 7 heteroatoms. The van der Waals surface area contributed by atoms with E-state index >= 15 is 0 Å². The molecule has 0 aliphatic rings. The van der Waals surface area contributed by atoms with Crippen molar-refractivity contribution >= 4 is 38.3 Å². The standard InChI is InChI=1S/C13H15IN2O3S/c1-2-16-20(17,18)12-6-4-3-5-11(12)15-9-10-7-8-13(14)19-10/h3-8,15-16H,2,9H2,1H3. The lowest BCUT2D eigenvalue weighted by Gasteiger charge is -2.11. The molecule has 1 aromatic carbocycles. The normalized spacial score (nSPS) is 11.5. The van der Waals surface area contributed by atoms with E-state index in [0.29, 0.717) is 18.8 Å². The van der Waals surface area contributed by atoms with Crippen LogP contribution in [0.15, 0.2) is 45.7 Å². The largest absolute Gasteiger partial charge is 0.454 e.